The van der Waals surface area contributed by atoms with E-state index in [4.69, 9.17) is 10.5 Å². The van der Waals surface area contributed by atoms with Crippen LogP contribution in [-0.4, -0.2) is 23.9 Å². The predicted octanol–water partition coefficient (Wildman–Crippen LogP) is 1.71. The van der Waals surface area contributed by atoms with Crippen molar-refractivity contribution >= 4 is 12.0 Å². The van der Waals surface area contributed by atoms with Gasteiger partial charge in [0.15, 0.2) is 0 Å². The SMILES string of the molecule is N#CCN(CC#N)C(=O)/C=C/c1cccc(F)c1. The Kier molecular flexibility index (Phi) is 5.08. The van der Waals surface area contributed by atoms with Gasteiger partial charge in [-0.25, -0.2) is 4.39 Å². The van der Waals surface area contributed by atoms with E-state index in [1.54, 1.807) is 18.2 Å². The Balaban J connectivity index is 2.74. The van der Waals surface area contributed by atoms with Crippen molar-refractivity contribution in [2.75, 3.05) is 13.1 Å². The van der Waals surface area contributed by atoms with Gasteiger partial charge in [-0.05, 0) is 23.8 Å². The molecule has 0 saturated heterocycles. The molecular weight excluding hydrogens is 233 g/mol. The Morgan fingerprint density at radius 3 is 2.56 bits per heavy atom. The van der Waals surface area contributed by atoms with E-state index in [0.29, 0.717) is 5.56 Å². The molecule has 90 valence electrons. The van der Waals surface area contributed by atoms with Crippen LogP contribution in [0.3, 0.4) is 0 Å². The lowest BCUT2D eigenvalue weighted by Gasteiger charge is -2.12. The monoisotopic (exact) mass is 243 g/mol. The van der Waals surface area contributed by atoms with Crippen molar-refractivity contribution in [3.8, 4) is 12.1 Å². The molecule has 1 aromatic carbocycles. The molecule has 0 aliphatic carbocycles. The number of rotatable bonds is 4. The summed E-state index contributed by atoms with van der Waals surface area (Å²) in [6.07, 6.45) is 2.65. The van der Waals surface area contributed by atoms with Gasteiger partial charge < -0.3 is 4.90 Å². The maximum Gasteiger partial charge on any atom is 0.248 e. The lowest BCUT2D eigenvalue weighted by atomic mass is 10.2. The molecule has 18 heavy (non-hydrogen) atoms. The van der Waals surface area contributed by atoms with E-state index in [1.165, 1.54) is 30.4 Å². The molecule has 0 aliphatic rings. The first-order valence-corrected chi connectivity index (χ1v) is 5.14. The van der Waals surface area contributed by atoms with Crippen LogP contribution in [0.2, 0.25) is 0 Å². The minimum atomic E-state index is -0.456. The van der Waals surface area contributed by atoms with Crippen LogP contribution >= 0.6 is 0 Å². The summed E-state index contributed by atoms with van der Waals surface area (Å²) in [6, 6.07) is 9.36. The van der Waals surface area contributed by atoms with Gasteiger partial charge in [0.2, 0.25) is 5.91 Å². The molecule has 0 bridgehead atoms. The molecular formula is C13H10FN3O. The van der Waals surface area contributed by atoms with Crippen molar-refractivity contribution in [2.45, 2.75) is 0 Å². The number of hydrogen-bond donors (Lipinski definition) is 0. The van der Waals surface area contributed by atoms with Gasteiger partial charge in [0, 0.05) is 6.08 Å². The van der Waals surface area contributed by atoms with Crippen LogP contribution in [0.15, 0.2) is 30.3 Å². The number of carbonyl (C=O) groups is 1. The van der Waals surface area contributed by atoms with E-state index >= 15 is 0 Å². The molecule has 5 heteroatoms. The van der Waals surface area contributed by atoms with Crippen LogP contribution in [0, 0.1) is 28.5 Å². The zero-order chi connectivity index (χ0) is 13.4. The van der Waals surface area contributed by atoms with E-state index in [9.17, 15) is 9.18 Å². The van der Waals surface area contributed by atoms with Gasteiger partial charge in [0.05, 0.1) is 12.1 Å². The fourth-order valence-electron chi connectivity index (χ4n) is 1.27. The van der Waals surface area contributed by atoms with Gasteiger partial charge in [-0.3, -0.25) is 4.79 Å². The van der Waals surface area contributed by atoms with Crippen LogP contribution in [0.1, 0.15) is 5.56 Å². The first-order chi connectivity index (χ1) is 8.67. The third-order valence-corrected chi connectivity index (χ3v) is 2.10. The summed E-state index contributed by atoms with van der Waals surface area (Å²) in [5.41, 5.74) is 0.539. The summed E-state index contributed by atoms with van der Waals surface area (Å²) >= 11 is 0. The number of hydrogen-bond acceptors (Lipinski definition) is 3. The minimum absolute atomic E-state index is 0.153. The molecule has 4 nitrogen and oxygen atoms in total. The second-order valence-corrected chi connectivity index (χ2v) is 3.40. The smallest absolute Gasteiger partial charge is 0.248 e. The second kappa shape index (κ2) is 6.82. The van der Waals surface area contributed by atoms with Crippen molar-refractivity contribution in [1.82, 2.24) is 4.90 Å². The summed E-state index contributed by atoms with van der Waals surface area (Å²) in [4.78, 5) is 12.7. The fraction of sp³-hybridized carbons (Fsp3) is 0.154. The number of halogens is 1. The van der Waals surface area contributed by atoms with Crippen LogP contribution < -0.4 is 0 Å². The molecule has 0 fully saturated rings. The molecule has 0 radical (unpaired) electrons. The molecule has 0 saturated carbocycles. The van der Waals surface area contributed by atoms with Gasteiger partial charge in [0.25, 0.3) is 0 Å². The summed E-state index contributed by atoms with van der Waals surface area (Å²) < 4.78 is 12.9. The molecule has 1 aromatic rings. The Morgan fingerprint density at radius 2 is 2.00 bits per heavy atom. The Morgan fingerprint density at radius 1 is 1.33 bits per heavy atom. The number of nitriles is 2. The van der Waals surface area contributed by atoms with Gasteiger partial charge in [0.1, 0.15) is 18.9 Å². The van der Waals surface area contributed by atoms with Crippen LogP contribution in [0.25, 0.3) is 6.08 Å². The van der Waals surface area contributed by atoms with E-state index in [0.717, 1.165) is 4.90 Å². The summed E-state index contributed by atoms with van der Waals surface area (Å²) in [5, 5.41) is 17.0. The number of carbonyl (C=O) groups excluding carboxylic acids is 1. The van der Waals surface area contributed by atoms with E-state index < -0.39 is 11.7 Å². The molecule has 0 aromatic heterocycles. The minimum Gasteiger partial charge on any atom is -0.313 e. The Labute approximate surface area is 104 Å². The van der Waals surface area contributed by atoms with Crippen molar-refractivity contribution in [3.05, 3.63) is 41.7 Å². The Bertz CT molecular complexity index is 524. The van der Waals surface area contributed by atoms with E-state index in [1.807, 2.05) is 0 Å². The Hall–Kier alpha value is -2.66. The summed E-state index contributed by atoms with van der Waals surface area (Å²) in [7, 11) is 0. The van der Waals surface area contributed by atoms with Crippen molar-refractivity contribution < 1.29 is 9.18 Å². The highest BCUT2D eigenvalue weighted by Crippen LogP contribution is 2.05. The van der Waals surface area contributed by atoms with Gasteiger partial charge in [-0.2, -0.15) is 10.5 Å². The normalized spacial score (nSPS) is 9.72. The van der Waals surface area contributed by atoms with E-state index in [2.05, 4.69) is 0 Å². The quantitative estimate of drug-likeness (QED) is 0.597. The van der Waals surface area contributed by atoms with Crippen molar-refractivity contribution in [1.29, 1.82) is 10.5 Å². The summed E-state index contributed by atoms with van der Waals surface area (Å²) in [5.74, 6) is -0.849. The van der Waals surface area contributed by atoms with E-state index in [-0.39, 0.29) is 13.1 Å². The molecule has 1 rings (SSSR count). The summed E-state index contributed by atoms with van der Waals surface area (Å²) in [6.45, 7) is -0.306. The zero-order valence-electron chi connectivity index (χ0n) is 9.51. The topological polar surface area (TPSA) is 67.9 Å². The largest absolute Gasteiger partial charge is 0.313 e. The molecule has 0 unspecified atom stereocenters. The average molecular weight is 243 g/mol. The van der Waals surface area contributed by atoms with Crippen LogP contribution in [-0.2, 0) is 4.79 Å². The van der Waals surface area contributed by atoms with Gasteiger partial charge >= 0.3 is 0 Å². The number of benzene rings is 1. The molecule has 0 heterocycles. The third kappa shape index (κ3) is 4.07. The van der Waals surface area contributed by atoms with Crippen LogP contribution in [0.5, 0.6) is 0 Å². The first-order valence-electron chi connectivity index (χ1n) is 5.14. The molecule has 0 atom stereocenters. The lowest BCUT2D eigenvalue weighted by molar-refractivity contribution is -0.124. The number of amides is 1. The predicted molar refractivity (Wildman–Crippen MR) is 63.2 cm³/mol. The number of nitrogens with zero attached hydrogens (tertiary/aromatic N) is 3. The zero-order valence-corrected chi connectivity index (χ0v) is 9.51. The maximum absolute atomic E-state index is 12.9. The van der Waals surface area contributed by atoms with Crippen molar-refractivity contribution in [3.63, 3.8) is 0 Å². The standard InChI is InChI=1S/C13H10FN3O/c14-12-3-1-2-11(10-12)4-5-13(18)17(8-6-15)9-7-16/h1-5,10H,8-9H2/b5-4+. The molecule has 0 spiro atoms. The maximum atomic E-state index is 12.9. The third-order valence-electron chi connectivity index (χ3n) is 2.10. The lowest BCUT2D eigenvalue weighted by Crippen LogP contribution is -2.30. The highest BCUT2D eigenvalue weighted by atomic mass is 19.1. The van der Waals surface area contributed by atoms with Crippen molar-refractivity contribution in [2.24, 2.45) is 0 Å². The molecule has 0 N–H and O–H groups in total. The molecule has 0 aliphatic heterocycles. The van der Waals surface area contributed by atoms with Crippen LogP contribution in [0.4, 0.5) is 4.39 Å². The van der Waals surface area contributed by atoms with Gasteiger partial charge in [-0.15, -0.1) is 0 Å². The second-order valence-electron chi connectivity index (χ2n) is 3.40. The highest BCUT2D eigenvalue weighted by Gasteiger charge is 2.08. The highest BCUT2D eigenvalue weighted by molar-refractivity contribution is 5.92. The fourth-order valence-corrected chi connectivity index (χ4v) is 1.27. The first kappa shape index (κ1) is 13.4. The molecule has 1 amide bonds. The van der Waals surface area contributed by atoms with Gasteiger partial charge in [-0.1, -0.05) is 12.1 Å². The average Bonchev–Trinajstić information content (AvgIpc) is 2.36.